The highest BCUT2D eigenvalue weighted by Crippen LogP contribution is 2.06. The molecule has 0 aliphatic heterocycles. The van der Waals surface area contributed by atoms with Crippen LogP contribution in [0, 0.1) is 0 Å². The van der Waals surface area contributed by atoms with Crippen LogP contribution in [0.5, 0.6) is 0 Å². The lowest BCUT2D eigenvalue weighted by molar-refractivity contribution is 0.239. The van der Waals surface area contributed by atoms with E-state index in [1.807, 2.05) is 24.3 Å². The van der Waals surface area contributed by atoms with E-state index in [9.17, 15) is 9.59 Å². The lowest BCUT2D eigenvalue weighted by Crippen LogP contribution is -2.35. The van der Waals surface area contributed by atoms with E-state index in [1.165, 1.54) is 6.42 Å². The van der Waals surface area contributed by atoms with Gasteiger partial charge in [0, 0.05) is 51.0 Å². The maximum atomic E-state index is 11.7. The fraction of sp³-hybridized carbons (Fsp3) is 0.478. The van der Waals surface area contributed by atoms with Crippen LogP contribution in [0.3, 0.4) is 0 Å². The fourth-order valence-electron chi connectivity index (χ4n) is 3.03. The van der Waals surface area contributed by atoms with Gasteiger partial charge in [-0.05, 0) is 36.1 Å². The van der Waals surface area contributed by atoms with Crippen LogP contribution in [-0.4, -0.2) is 35.1 Å². The summed E-state index contributed by atoms with van der Waals surface area (Å²) >= 11 is 0. The maximum absolute atomic E-state index is 11.7. The molecule has 0 atom stereocenters. The molecule has 0 bridgehead atoms. The minimum Gasteiger partial charge on any atom is -0.338 e. The van der Waals surface area contributed by atoms with Gasteiger partial charge in [-0.2, -0.15) is 0 Å². The molecule has 0 aliphatic rings. The average molecular weight is 427 g/mol. The van der Waals surface area contributed by atoms with Gasteiger partial charge in [-0.25, -0.2) is 9.59 Å². The monoisotopic (exact) mass is 426 g/mol. The molecule has 0 fully saturated rings. The summed E-state index contributed by atoms with van der Waals surface area (Å²) in [6.45, 7) is 2.36. The normalized spacial score (nSPS) is 10.3. The molecule has 0 aliphatic carbocycles. The first kappa shape index (κ1) is 24.1. The molecule has 0 radical (unpaired) electrons. The standard InChI is InChI=1S/C23H34N6O2/c30-22(28-18-20-10-8-12-24-16-20)26-14-6-4-2-1-3-5-7-15-27-23(31)29-19-21-11-9-13-25-17-21/h8-13,16-17H,1-7,14-15,18-19H2,(H2,26,28,30)(H2,27,29,31). The van der Waals surface area contributed by atoms with Crippen LogP contribution in [-0.2, 0) is 13.1 Å². The number of carbonyl (C=O) groups excluding carboxylic acids is 2. The van der Waals surface area contributed by atoms with E-state index in [0.29, 0.717) is 26.2 Å². The Morgan fingerprint density at radius 1 is 0.613 bits per heavy atom. The molecule has 0 saturated heterocycles. The number of carbonyl (C=O) groups is 2. The molecular formula is C23H34N6O2. The molecule has 0 aromatic carbocycles. The number of nitrogens with one attached hydrogen (secondary N) is 4. The summed E-state index contributed by atoms with van der Waals surface area (Å²) in [6, 6.07) is 7.30. The molecule has 2 aromatic rings. The summed E-state index contributed by atoms with van der Waals surface area (Å²) < 4.78 is 0. The van der Waals surface area contributed by atoms with Gasteiger partial charge in [-0.15, -0.1) is 0 Å². The summed E-state index contributed by atoms with van der Waals surface area (Å²) in [5.74, 6) is 0. The highest BCUT2D eigenvalue weighted by Gasteiger charge is 2.01. The first-order chi connectivity index (χ1) is 15.2. The predicted octanol–water partition coefficient (Wildman–Crippen LogP) is 3.51. The molecule has 2 aromatic heterocycles. The van der Waals surface area contributed by atoms with Gasteiger partial charge in [0.2, 0.25) is 0 Å². The molecule has 0 saturated carbocycles. The smallest absolute Gasteiger partial charge is 0.315 e. The minimum absolute atomic E-state index is 0.138. The molecule has 8 nitrogen and oxygen atoms in total. The zero-order valence-corrected chi connectivity index (χ0v) is 18.1. The second-order valence-corrected chi connectivity index (χ2v) is 7.42. The molecule has 168 valence electrons. The summed E-state index contributed by atoms with van der Waals surface area (Å²) in [5, 5.41) is 11.4. The van der Waals surface area contributed by atoms with Gasteiger partial charge >= 0.3 is 12.1 Å². The van der Waals surface area contributed by atoms with Crippen molar-refractivity contribution in [1.82, 2.24) is 31.2 Å². The fourth-order valence-corrected chi connectivity index (χ4v) is 3.03. The van der Waals surface area contributed by atoms with Gasteiger partial charge in [0.1, 0.15) is 0 Å². The Morgan fingerprint density at radius 2 is 1.03 bits per heavy atom. The molecule has 2 rings (SSSR count). The zero-order valence-electron chi connectivity index (χ0n) is 18.1. The van der Waals surface area contributed by atoms with Gasteiger partial charge in [-0.3, -0.25) is 9.97 Å². The zero-order chi connectivity index (χ0) is 22.0. The molecular weight excluding hydrogens is 392 g/mol. The van der Waals surface area contributed by atoms with Crippen molar-refractivity contribution in [3.63, 3.8) is 0 Å². The Bertz CT molecular complexity index is 679. The minimum atomic E-state index is -0.138. The quantitative estimate of drug-likeness (QED) is 0.347. The van der Waals surface area contributed by atoms with Gasteiger partial charge in [0.05, 0.1) is 0 Å². The van der Waals surface area contributed by atoms with E-state index in [4.69, 9.17) is 0 Å². The van der Waals surface area contributed by atoms with Crippen molar-refractivity contribution in [1.29, 1.82) is 0 Å². The van der Waals surface area contributed by atoms with Crippen LogP contribution >= 0.6 is 0 Å². The molecule has 8 heteroatoms. The molecule has 2 heterocycles. The summed E-state index contributed by atoms with van der Waals surface area (Å²) in [4.78, 5) is 31.5. The summed E-state index contributed by atoms with van der Waals surface area (Å²) in [5.41, 5.74) is 1.97. The van der Waals surface area contributed by atoms with Crippen LogP contribution in [0.25, 0.3) is 0 Å². The highest BCUT2D eigenvalue weighted by atomic mass is 16.2. The second kappa shape index (κ2) is 15.6. The largest absolute Gasteiger partial charge is 0.338 e. The van der Waals surface area contributed by atoms with Crippen molar-refractivity contribution >= 4 is 12.1 Å². The van der Waals surface area contributed by atoms with Crippen molar-refractivity contribution in [3.05, 3.63) is 60.2 Å². The Labute approximate surface area is 184 Å². The lowest BCUT2D eigenvalue weighted by atomic mass is 10.1. The van der Waals surface area contributed by atoms with E-state index in [2.05, 4.69) is 31.2 Å². The van der Waals surface area contributed by atoms with Gasteiger partial charge in [-0.1, -0.05) is 44.2 Å². The second-order valence-electron chi connectivity index (χ2n) is 7.42. The van der Waals surface area contributed by atoms with Crippen LogP contribution in [0.2, 0.25) is 0 Å². The van der Waals surface area contributed by atoms with Gasteiger partial charge in [0.15, 0.2) is 0 Å². The number of pyridine rings is 2. The summed E-state index contributed by atoms with van der Waals surface area (Å²) in [6.07, 6.45) is 14.6. The number of rotatable bonds is 14. The first-order valence-electron chi connectivity index (χ1n) is 11.1. The van der Waals surface area contributed by atoms with E-state index in [1.54, 1.807) is 24.8 Å². The number of hydrogen-bond acceptors (Lipinski definition) is 4. The number of urea groups is 2. The number of hydrogen-bond donors (Lipinski definition) is 4. The maximum Gasteiger partial charge on any atom is 0.315 e. The van der Waals surface area contributed by atoms with Crippen LogP contribution in [0.15, 0.2) is 49.1 Å². The van der Waals surface area contributed by atoms with Crippen LogP contribution in [0.4, 0.5) is 9.59 Å². The predicted molar refractivity (Wildman–Crippen MR) is 121 cm³/mol. The third-order valence-electron chi connectivity index (χ3n) is 4.78. The van der Waals surface area contributed by atoms with Crippen molar-refractivity contribution in [2.24, 2.45) is 0 Å². The molecule has 31 heavy (non-hydrogen) atoms. The van der Waals surface area contributed by atoms with E-state index in [-0.39, 0.29) is 12.1 Å². The third kappa shape index (κ3) is 12.2. The Kier molecular flexibility index (Phi) is 12.2. The van der Waals surface area contributed by atoms with E-state index < -0.39 is 0 Å². The van der Waals surface area contributed by atoms with Gasteiger partial charge < -0.3 is 21.3 Å². The number of aromatic nitrogens is 2. The Morgan fingerprint density at radius 3 is 1.42 bits per heavy atom. The first-order valence-corrected chi connectivity index (χ1v) is 11.1. The van der Waals surface area contributed by atoms with Crippen molar-refractivity contribution in [3.8, 4) is 0 Å². The Balaban J connectivity index is 1.32. The lowest BCUT2D eigenvalue weighted by Gasteiger charge is -2.08. The van der Waals surface area contributed by atoms with Crippen molar-refractivity contribution < 1.29 is 9.59 Å². The average Bonchev–Trinajstić information content (AvgIpc) is 2.81. The third-order valence-corrected chi connectivity index (χ3v) is 4.78. The van der Waals surface area contributed by atoms with E-state index >= 15 is 0 Å². The molecule has 4 amide bonds. The SMILES string of the molecule is O=C(NCCCCCCCCCNC(=O)NCc1cccnc1)NCc1cccnc1. The van der Waals surface area contributed by atoms with Crippen molar-refractivity contribution in [2.45, 2.75) is 58.0 Å². The molecule has 4 N–H and O–H groups in total. The van der Waals surface area contributed by atoms with E-state index in [0.717, 1.165) is 49.7 Å². The molecule has 0 spiro atoms. The highest BCUT2D eigenvalue weighted by molar-refractivity contribution is 5.74. The topological polar surface area (TPSA) is 108 Å². The van der Waals surface area contributed by atoms with Crippen molar-refractivity contribution in [2.75, 3.05) is 13.1 Å². The number of amides is 4. The Hall–Kier alpha value is -3.16. The van der Waals surface area contributed by atoms with Crippen LogP contribution in [0.1, 0.15) is 56.1 Å². The number of nitrogens with zero attached hydrogens (tertiary/aromatic N) is 2. The number of unbranched alkanes of at least 4 members (excludes halogenated alkanes) is 6. The van der Waals surface area contributed by atoms with Gasteiger partial charge in [0.25, 0.3) is 0 Å². The summed E-state index contributed by atoms with van der Waals surface area (Å²) in [7, 11) is 0. The van der Waals surface area contributed by atoms with Crippen LogP contribution < -0.4 is 21.3 Å². The molecule has 0 unspecified atom stereocenters.